The second kappa shape index (κ2) is 6.39. The first-order valence-corrected chi connectivity index (χ1v) is 8.03. The van der Waals surface area contributed by atoms with Crippen LogP contribution in [-0.4, -0.2) is 54.7 Å². The van der Waals surface area contributed by atoms with Gasteiger partial charge in [0.1, 0.15) is 6.04 Å². The van der Waals surface area contributed by atoms with Gasteiger partial charge in [0.05, 0.1) is 7.11 Å². The first-order chi connectivity index (χ1) is 11.4. The molecule has 3 rings (SSSR count). The number of methoxy groups -OCH3 is 1. The molecule has 7 heteroatoms. The van der Waals surface area contributed by atoms with E-state index in [0.29, 0.717) is 31.6 Å². The summed E-state index contributed by atoms with van der Waals surface area (Å²) in [5.74, 6) is -1.46. The molecular formula is C17H21FN2O4. The molecule has 0 saturated carbocycles. The zero-order valence-corrected chi connectivity index (χ0v) is 13.5. The van der Waals surface area contributed by atoms with Crippen LogP contribution in [0.15, 0.2) is 18.2 Å². The van der Waals surface area contributed by atoms with Gasteiger partial charge in [-0.15, -0.1) is 0 Å². The van der Waals surface area contributed by atoms with Crippen LogP contribution < -0.4 is 10.1 Å². The van der Waals surface area contributed by atoms with Gasteiger partial charge in [0, 0.05) is 25.2 Å². The van der Waals surface area contributed by atoms with Gasteiger partial charge >= 0.3 is 5.97 Å². The van der Waals surface area contributed by atoms with E-state index < -0.39 is 17.8 Å². The lowest BCUT2D eigenvalue weighted by Gasteiger charge is -2.39. The Balaban J connectivity index is 1.63. The van der Waals surface area contributed by atoms with Gasteiger partial charge in [0.25, 0.3) is 5.91 Å². The Labute approximate surface area is 139 Å². The number of carbonyl (C=O) groups excluding carboxylic acids is 1. The molecule has 1 atom stereocenters. The van der Waals surface area contributed by atoms with Crippen molar-refractivity contribution in [2.75, 3.05) is 26.7 Å². The summed E-state index contributed by atoms with van der Waals surface area (Å²) in [4.78, 5) is 25.3. The van der Waals surface area contributed by atoms with Gasteiger partial charge in [-0.25, -0.2) is 4.39 Å². The SMILES string of the molecule is COc1ccc(C(=O)N2CCC3(CC2)CN[C@H](C(=O)O)C3)cc1F. The van der Waals surface area contributed by atoms with E-state index in [9.17, 15) is 14.0 Å². The van der Waals surface area contributed by atoms with Crippen LogP contribution in [0, 0.1) is 11.2 Å². The Morgan fingerprint density at radius 1 is 1.38 bits per heavy atom. The Kier molecular flexibility index (Phi) is 4.45. The molecular weight excluding hydrogens is 315 g/mol. The summed E-state index contributed by atoms with van der Waals surface area (Å²) in [6, 6.07) is 3.71. The molecule has 1 spiro atoms. The van der Waals surface area contributed by atoms with Crippen LogP contribution >= 0.6 is 0 Å². The molecule has 0 aliphatic carbocycles. The number of hydrogen-bond acceptors (Lipinski definition) is 4. The van der Waals surface area contributed by atoms with Crippen molar-refractivity contribution < 1.29 is 23.8 Å². The van der Waals surface area contributed by atoms with Crippen molar-refractivity contribution in [3.8, 4) is 5.75 Å². The third-order valence-corrected chi connectivity index (χ3v) is 5.17. The standard InChI is InChI=1S/C17H21FN2O4/c1-24-14-3-2-11(8-12(14)18)15(21)20-6-4-17(5-7-20)9-13(16(22)23)19-10-17/h2-3,8,13,19H,4-7,9-10H2,1H3,(H,22,23)/t13-/m0/s1. The van der Waals surface area contributed by atoms with E-state index >= 15 is 0 Å². The van der Waals surface area contributed by atoms with Crippen LogP contribution in [0.1, 0.15) is 29.6 Å². The van der Waals surface area contributed by atoms with Gasteiger partial charge in [0.15, 0.2) is 11.6 Å². The zero-order chi connectivity index (χ0) is 17.3. The lowest BCUT2D eigenvalue weighted by Crippen LogP contribution is -2.44. The maximum absolute atomic E-state index is 13.8. The number of likely N-dealkylation sites (tertiary alicyclic amines) is 1. The van der Waals surface area contributed by atoms with E-state index in [1.54, 1.807) is 11.0 Å². The molecule has 1 aromatic carbocycles. The Morgan fingerprint density at radius 3 is 2.62 bits per heavy atom. The van der Waals surface area contributed by atoms with Crippen LogP contribution in [0.4, 0.5) is 4.39 Å². The molecule has 2 aliphatic heterocycles. The average molecular weight is 336 g/mol. The number of aliphatic carboxylic acids is 1. The molecule has 0 radical (unpaired) electrons. The number of benzene rings is 1. The smallest absolute Gasteiger partial charge is 0.320 e. The summed E-state index contributed by atoms with van der Waals surface area (Å²) in [5, 5.41) is 12.2. The predicted molar refractivity (Wildman–Crippen MR) is 84.6 cm³/mol. The number of piperidine rings is 1. The molecule has 130 valence electrons. The van der Waals surface area contributed by atoms with Crippen LogP contribution in [0.5, 0.6) is 5.75 Å². The monoisotopic (exact) mass is 336 g/mol. The van der Waals surface area contributed by atoms with E-state index in [1.807, 2.05) is 0 Å². The lowest BCUT2D eigenvalue weighted by atomic mass is 9.76. The third kappa shape index (κ3) is 3.08. The number of carboxylic acid groups (broad SMARTS) is 1. The quantitative estimate of drug-likeness (QED) is 0.875. The van der Waals surface area contributed by atoms with Crippen molar-refractivity contribution in [1.29, 1.82) is 0 Å². The molecule has 1 amide bonds. The number of halogens is 1. The predicted octanol–water partition coefficient (Wildman–Crippen LogP) is 1.50. The average Bonchev–Trinajstić information content (AvgIpc) is 2.99. The van der Waals surface area contributed by atoms with E-state index in [-0.39, 0.29) is 17.1 Å². The van der Waals surface area contributed by atoms with Gasteiger partial charge < -0.3 is 20.1 Å². The molecule has 2 N–H and O–H groups in total. The molecule has 24 heavy (non-hydrogen) atoms. The van der Waals surface area contributed by atoms with Crippen molar-refractivity contribution in [3.05, 3.63) is 29.6 Å². The fraction of sp³-hybridized carbons (Fsp3) is 0.529. The second-order valence-corrected chi connectivity index (χ2v) is 6.62. The van der Waals surface area contributed by atoms with E-state index in [4.69, 9.17) is 9.84 Å². The molecule has 2 aliphatic rings. The van der Waals surface area contributed by atoms with Gasteiger partial charge in [-0.1, -0.05) is 0 Å². The van der Waals surface area contributed by atoms with Gasteiger partial charge in [0.2, 0.25) is 0 Å². The first-order valence-electron chi connectivity index (χ1n) is 8.03. The number of amides is 1. The number of hydrogen-bond donors (Lipinski definition) is 2. The Morgan fingerprint density at radius 2 is 2.08 bits per heavy atom. The van der Waals surface area contributed by atoms with Crippen molar-refractivity contribution in [2.45, 2.75) is 25.3 Å². The molecule has 1 aromatic rings. The van der Waals surface area contributed by atoms with Crippen molar-refractivity contribution in [1.82, 2.24) is 10.2 Å². The maximum Gasteiger partial charge on any atom is 0.320 e. The fourth-order valence-electron chi connectivity index (χ4n) is 3.64. The normalized spacial score (nSPS) is 22.6. The second-order valence-electron chi connectivity index (χ2n) is 6.62. The summed E-state index contributed by atoms with van der Waals surface area (Å²) < 4.78 is 18.6. The lowest BCUT2D eigenvalue weighted by molar-refractivity contribution is -0.139. The minimum atomic E-state index is -0.820. The molecule has 6 nitrogen and oxygen atoms in total. The van der Waals surface area contributed by atoms with E-state index in [1.165, 1.54) is 19.2 Å². The molecule has 2 fully saturated rings. The van der Waals surface area contributed by atoms with Crippen molar-refractivity contribution in [3.63, 3.8) is 0 Å². The minimum Gasteiger partial charge on any atom is -0.494 e. The largest absolute Gasteiger partial charge is 0.494 e. The summed E-state index contributed by atoms with van der Waals surface area (Å²) in [6.45, 7) is 1.78. The Bertz CT molecular complexity index is 656. The highest BCUT2D eigenvalue weighted by Crippen LogP contribution is 2.39. The van der Waals surface area contributed by atoms with Crippen molar-refractivity contribution >= 4 is 11.9 Å². The van der Waals surface area contributed by atoms with Crippen LogP contribution in [0.2, 0.25) is 0 Å². The third-order valence-electron chi connectivity index (χ3n) is 5.17. The van der Waals surface area contributed by atoms with Gasteiger partial charge in [-0.3, -0.25) is 9.59 Å². The summed E-state index contributed by atoms with van der Waals surface area (Å²) in [6.07, 6.45) is 2.11. The minimum absolute atomic E-state index is 0.0506. The first kappa shape index (κ1) is 16.7. The molecule has 2 saturated heterocycles. The molecule has 0 unspecified atom stereocenters. The number of nitrogens with one attached hydrogen (secondary N) is 1. The van der Waals surface area contributed by atoms with Crippen molar-refractivity contribution in [2.24, 2.45) is 5.41 Å². The van der Waals surface area contributed by atoms with Gasteiger partial charge in [-0.05, 0) is 42.9 Å². The number of carboxylic acids is 1. The van der Waals surface area contributed by atoms with Crippen LogP contribution in [0.25, 0.3) is 0 Å². The molecule has 2 heterocycles. The summed E-state index contributed by atoms with van der Waals surface area (Å²) in [7, 11) is 1.38. The summed E-state index contributed by atoms with van der Waals surface area (Å²) >= 11 is 0. The molecule has 0 bridgehead atoms. The van der Waals surface area contributed by atoms with E-state index in [2.05, 4.69) is 5.32 Å². The van der Waals surface area contributed by atoms with Crippen LogP contribution in [0.3, 0.4) is 0 Å². The zero-order valence-electron chi connectivity index (χ0n) is 13.5. The highest BCUT2D eigenvalue weighted by atomic mass is 19.1. The van der Waals surface area contributed by atoms with Crippen LogP contribution in [-0.2, 0) is 4.79 Å². The van der Waals surface area contributed by atoms with E-state index in [0.717, 1.165) is 12.8 Å². The fourth-order valence-corrected chi connectivity index (χ4v) is 3.64. The highest BCUT2D eigenvalue weighted by molar-refractivity contribution is 5.94. The Hall–Kier alpha value is -2.15. The number of ether oxygens (including phenoxy) is 1. The van der Waals surface area contributed by atoms with Gasteiger partial charge in [-0.2, -0.15) is 0 Å². The summed E-state index contributed by atoms with van der Waals surface area (Å²) in [5.41, 5.74) is 0.252. The highest BCUT2D eigenvalue weighted by Gasteiger charge is 2.44. The number of rotatable bonds is 3. The number of carbonyl (C=O) groups is 2. The topological polar surface area (TPSA) is 78.9 Å². The maximum atomic E-state index is 13.8. The molecule has 0 aromatic heterocycles. The number of nitrogens with zero attached hydrogens (tertiary/aromatic N) is 1.